The number of hydrogen-bond acceptors (Lipinski definition) is 3. The Hall–Kier alpha value is -1.81. The van der Waals surface area contributed by atoms with Crippen LogP contribution in [0.3, 0.4) is 0 Å². The molecule has 1 aromatic carbocycles. The smallest absolute Gasteiger partial charge is 0.123 e. The monoisotopic (exact) mass is 306 g/mol. The average molecular weight is 306 g/mol. The van der Waals surface area contributed by atoms with Crippen molar-refractivity contribution in [1.29, 1.82) is 0 Å². The molecule has 0 saturated heterocycles. The van der Waals surface area contributed by atoms with Crippen molar-refractivity contribution in [3.8, 4) is 0 Å². The summed E-state index contributed by atoms with van der Waals surface area (Å²) in [4.78, 5) is 0.903. The van der Waals surface area contributed by atoms with Crippen molar-refractivity contribution < 1.29 is 4.39 Å². The molecule has 1 heterocycles. The van der Waals surface area contributed by atoms with Gasteiger partial charge in [0.2, 0.25) is 0 Å². The van der Waals surface area contributed by atoms with Crippen molar-refractivity contribution in [3.05, 3.63) is 54.3 Å². The molecule has 0 aliphatic heterocycles. The highest BCUT2D eigenvalue weighted by atomic mass is 32.1. The maximum atomic E-state index is 12.8. The third kappa shape index (κ3) is 5.23. The van der Waals surface area contributed by atoms with Crippen LogP contribution in [0.2, 0.25) is 0 Å². The van der Waals surface area contributed by atoms with Crippen molar-refractivity contribution in [3.63, 3.8) is 0 Å². The molecule has 21 heavy (non-hydrogen) atoms. The number of rotatable bonds is 4. The van der Waals surface area contributed by atoms with E-state index in [-0.39, 0.29) is 11.4 Å². The molecule has 2 nitrogen and oxygen atoms in total. The molecule has 0 saturated carbocycles. The highest BCUT2D eigenvalue weighted by Crippen LogP contribution is 2.28. The van der Waals surface area contributed by atoms with Crippen LogP contribution in [-0.4, -0.2) is 5.54 Å². The zero-order valence-electron chi connectivity index (χ0n) is 12.9. The second-order valence-electron chi connectivity index (χ2n) is 5.40. The predicted molar refractivity (Wildman–Crippen MR) is 92.7 cm³/mol. The second kappa shape index (κ2) is 7.27. The number of thiophene rings is 1. The summed E-state index contributed by atoms with van der Waals surface area (Å²) in [7, 11) is 0. The summed E-state index contributed by atoms with van der Waals surface area (Å²) in [6.45, 7) is 13.7. The van der Waals surface area contributed by atoms with E-state index in [0.717, 1.165) is 21.4 Å². The van der Waals surface area contributed by atoms with Gasteiger partial charge >= 0.3 is 0 Å². The summed E-state index contributed by atoms with van der Waals surface area (Å²) >= 11 is 1.52. The fourth-order valence-corrected chi connectivity index (χ4v) is 2.48. The maximum absolute atomic E-state index is 12.8. The standard InChI is InChI=1S/C10H8FNS.C7H15N/c1-6(12)10-5-7-4-8(11)2-3-9(7)13-10;1-5-7(3,4)8-6-2/h2-5H,1,12H2;6,8H,2,5H2,1,3-4H3. The minimum Gasteiger partial charge on any atom is -0.398 e. The molecule has 0 unspecified atom stereocenters. The maximum Gasteiger partial charge on any atom is 0.123 e. The van der Waals surface area contributed by atoms with Gasteiger partial charge in [0.05, 0.1) is 4.88 Å². The molecule has 0 spiro atoms. The highest BCUT2D eigenvalue weighted by molar-refractivity contribution is 7.20. The largest absolute Gasteiger partial charge is 0.398 e. The molecule has 114 valence electrons. The van der Waals surface area contributed by atoms with E-state index in [4.69, 9.17) is 5.73 Å². The fourth-order valence-electron chi connectivity index (χ4n) is 1.55. The van der Waals surface area contributed by atoms with Crippen LogP contribution in [0, 0.1) is 5.82 Å². The lowest BCUT2D eigenvalue weighted by Gasteiger charge is -2.22. The first-order valence-electron chi connectivity index (χ1n) is 6.81. The van der Waals surface area contributed by atoms with Crippen LogP contribution in [-0.2, 0) is 0 Å². The number of hydrogen-bond donors (Lipinski definition) is 2. The van der Waals surface area contributed by atoms with Crippen molar-refractivity contribution >= 4 is 27.1 Å². The van der Waals surface area contributed by atoms with Gasteiger partial charge in [-0.3, -0.25) is 0 Å². The van der Waals surface area contributed by atoms with E-state index < -0.39 is 0 Å². The predicted octanol–water partition coefficient (Wildman–Crippen LogP) is 4.88. The number of halogens is 1. The average Bonchev–Trinajstić information content (AvgIpc) is 2.82. The van der Waals surface area contributed by atoms with Crippen molar-refractivity contribution in [2.45, 2.75) is 32.7 Å². The summed E-state index contributed by atoms with van der Waals surface area (Å²) in [6, 6.07) is 6.55. The first-order chi connectivity index (χ1) is 9.79. The molecular formula is C17H23FN2S. The molecule has 2 aromatic rings. The van der Waals surface area contributed by atoms with Gasteiger partial charge in [-0.1, -0.05) is 20.1 Å². The Morgan fingerprint density at radius 3 is 2.57 bits per heavy atom. The van der Waals surface area contributed by atoms with E-state index in [1.54, 1.807) is 12.3 Å². The molecule has 0 aliphatic rings. The molecule has 0 atom stereocenters. The Bertz CT molecular complexity index is 629. The molecule has 1 aromatic heterocycles. The van der Waals surface area contributed by atoms with Crippen LogP contribution < -0.4 is 11.1 Å². The van der Waals surface area contributed by atoms with Crippen LogP contribution in [0.1, 0.15) is 32.1 Å². The molecule has 0 bridgehead atoms. The van der Waals surface area contributed by atoms with Gasteiger partial charge in [-0.25, -0.2) is 4.39 Å². The molecule has 0 amide bonds. The van der Waals surface area contributed by atoms with Crippen molar-refractivity contribution in [2.24, 2.45) is 5.73 Å². The van der Waals surface area contributed by atoms with Crippen LogP contribution in [0.15, 0.2) is 43.6 Å². The zero-order valence-corrected chi connectivity index (χ0v) is 13.7. The van der Waals surface area contributed by atoms with Crippen LogP contribution in [0.25, 0.3) is 15.8 Å². The zero-order chi connectivity index (χ0) is 16.0. The van der Waals surface area contributed by atoms with Crippen LogP contribution >= 0.6 is 11.3 Å². The molecule has 0 radical (unpaired) electrons. The van der Waals surface area contributed by atoms with Gasteiger partial charge in [-0.2, -0.15) is 0 Å². The summed E-state index contributed by atoms with van der Waals surface area (Å²) in [6.07, 6.45) is 2.86. The first kappa shape index (κ1) is 17.2. The van der Waals surface area contributed by atoms with Gasteiger partial charge in [0.15, 0.2) is 0 Å². The van der Waals surface area contributed by atoms with Gasteiger partial charge in [-0.05, 0) is 56.1 Å². The minimum atomic E-state index is -0.223. The number of nitrogens with one attached hydrogen (secondary N) is 1. The Balaban J connectivity index is 0.000000240. The van der Waals surface area contributed by atoms with E-state index in [1.165, 1.54) is 23.5 Å². The Kier molecular flexibility index (Phi) is 5.97. The Morgan fingerprint density at radius 1 is 1.43 bits per heavy atom. The van der Waals surface area contributed by atoms with Crippen LogP contribution in [0.5, 0.6) is 0 Å². The minimum absolute atomic E-state index is 0.223. The fraction of sp³-hybridized carbons (Fsp3) is 0.294. The lowest BCUT2D eigenvalue weighted by Crippen LogP contribution is -2.33. The van der Waals surface area contributed by atoms with Crippen LogP contribution in [0.4, 0.5) is 4.39 Å². The second-order valence-corrected chi connectivity index (χ2v) is 6.49. The van der Waals surface area contributed by atoms with Crippen molar-refractivity contribution in [2.75, 3.05) is 0 Å². The molecule has 0 aliphatic carbocycles. The van der Waals surface area contributed by atoms with Gasteiger partial charge in [-0.15, -0.1) is 11.3 Å². The Morgan fingerprint density at radius 2 is 2.10 bits per heavy atom. The molecule has 3 N–H and O–H groups in total. The number of nitrogens with two attached hydrogens (primary N) is 1. The highest BCUT2D eigenvalue weighted by Gasteiger charge is 2.09. The van der Waals surface area contributed by atoms with Crippen molar-refractivity contribution in [1.82, 2.24) is 5.32 Å². The van der Waals surface area contributed by atoms with E-state index >= 15 is 0 Å². The Labute approximate surface area is 130 Å². The molecule has 0 fully saturated rings. The SMILES string of the molecule is C=C(N)c1cc2cc(F)ccc2s1.C=CNC(C)(C)CC. The third-order valence-corrected chi connectivity index (χ3v) is 4.36. The van der Waals surface area contributed by atoms with E-state index in [0.29, 0.717) is 5.70 Å². The van der Waals surface area contributed by atoms with E-state index in [2.05, 4.69) is 39.2 Å². The third-order valence-electron chi connectivity index (χ3n) is 3.17. The normalized spacial score (nSPS) is 10.7. The summed E-state index contributed by atoms with van der Waals surface area (Å²) < 4.78 is 13.8. The van der Waals surface area contributed by atoms with Gasteiger partial charge in [0.25, 0.3) is 0 Å². The molecule has 2 rings (SSSR count). The summed E-state index contributed by atoms with van der Waals surface area (Å²) in [5.41, 5.74) is 6.29. The molecular weight excluding hydrogens is 283 g/mol. The van der Waals surface area contributed by atoms with Gasteiger partial charge < -0.3 is 11.1 Å². The number of fused-ring (bicyclic) bond motifs is 1. The van der Waals surface area contributed by atoms with Gasteiger partial charge in [0.1, 0.15) is 5.82 Å². The first-order valence-corrected chi connectivity index (χ1v) is 7.63. The number of benzene rings is 1. The quantitative estimate of drug-likeness (QED) is 0.845. The topological polar surface area (TPSA) is 38.0 Å². The van der Waals surface area contributed by atoms with E-state index in [1.807, 2.05) is 6.07 Å². The summed E-state index contributed by atoms with van der Waals surface area (Å²) in [5.74, 6) is -0.223. The lowest BCUT2D eigenvalue weighted by atomic mass is 10.0. The van der Waals surface area contributed by atoms with Gasteiger partial charge in [0, 0.05) is 15.9 Å². The lowest BCUT2D eigenvalue weighted by molar-refractivity contribution is 0.429. The summed E-state index contributed by atoms with van der Waals surface area (Å²) in [5, 5.41) is 4.02. The molecule has 4 heteroatoms. The van der Waals surface area contributed by atoms with E-state index in [9.17, 15) is 4.39 Å².